The van der Waals surface area contributed by atoms with Crippen molar-refractivity contribution < 1.29 is 5.11 Å². The molecule has 0 unspecified atom stereocenters. The van der Waals surface area contributed by atoms with Crippen LogP contribution < -0.4 is 0 Å². The van der Waals surface area contributed by atoms with E-state index in [9.17, 15) is 5.11 Å². The summed E-state index contributed by atoms with van der Waals surface area (Å²) in [5.41, 5.74) is 5.23. The van der Waals surface area contributed by atoms with Crippen LogP contribution in [0.5, 0.6) is 5.75 Å². The third-order valence-corrected chi connectivity index (χ3v) is 3.12. The molecule has 1 heteroatoms. The van der Waals surface area contributed by atoms with Gasteiger partial charge >= 0.3 is 0 Å². The van der Waals surface area contributed by atoms with Gasteiger partial charge in [0, 0.05) is 0 Å². The fraction of sp³-hybridized carbons (Fsp3) is 0.111. The van der Waals surface area contributed by atoms with E-state index in [2.05, 4.69) is 37.8 Å². The number of rotatable bonds is 3. The SMILES string of the molecule is C=C(/C=C/c1ccc(C)cc1)c1ccc(O)c(C)c1. The third kappa shape index (κ3) is 3.35. The molecular formula is C18H18O. The van der Waals surface area contributed by atoms with Gasteiger partial charge in [0.25, 0.3) is 0 Å². The van der Waals surface area contributed by atoms with Gasteiger partial charge in [0.05, 0.1) is 0 Å². The number of benzene rings is 2. The van der Waals surface area contributed by atoms with Gasteiger partial charge < -0.3 is 5.11 Å². The molecule has 19 heavy (non-hydrogen) atoms. The fourth-order valence-corrected chi connectivity index (χ4v) is 1.83. The Kier molecular flexibility index (Phi) is 3.86. The number of phenolic OH excluding ortho intramolecular Hbond substituents is 1. The average molecular weight is 250 g/mol. The van der Waals surface area contributed by atoms with Crippen molar-refractivity contribution in [2.45, 2.75) is 13.8 Å². The Bertz CT molecular complexity index is 619. The van der Waals surface area contributed by atoms with Crippen molar-refractivity contribution in [1.82, 2.24) is 0 Å². The maximum absolute atomic E-state index is 9.51. The lowest BCUT2D eigenvalue weighted by Gasteiger charge is -2.04. The molecule has 0 saturated heterocycles. The quantitative estimate of drug-likeness (QED) is 0.780. The highest BCUT2D eigenvalue weighted by molar-refractivity contribution is 5.77. The van der Waals surface area contributed by atoms with Gasteiger partial charge in [0.2, 0.25) is 0 Å². The lowest BCUT2D eigenvalue weighted by Crippen LogP contribution is -1.82. The maximum atomic E-state index is 9.51. The molecule has 0 aliphatic rings. The van der Waals surface area contributed by atoms with E-state index in [-0.39, 0.29) is 0 Å². The number of allylic oxidation sites excluding steroid dienone is 2. The van der Waals surface area contributed by atoms with E-state index < -0.39 is 0 Å². The van der Waals surface area contributed by atoms with Crippen molar-refractivity contribution in [1.29, 1.82) is 0 Å². The standard InChI is InChI=1S/C18H18O/c1-13-4-7-16(8-5-13)9-6-14(2)17-10-11-18(19)15(3)12-17/h4-12,19H,2H2,1,3H3/b9-6+. The molecule has 2 aromatic rings. The van der Waals surface area contributed by atoms with Crippen LogP contribution >= 0.6 is 0 Å². The van der Waals surface area contributed by atoms with Crippen LogP contribution in [0.15, 0.2) is 55.1 Å². The molecule has 2 rings (SSSR count). The van der Waals surface area contributed by atoms with Crippen LogP contribution in [0.2, 0.25) is 0 Å². The topological polar surface area (TPSA) is 20.2 Å². The van der Waals surface area contributed by atoms with Crippen LogP contribution in [0.3, 0.4) is 0 Å². The highest BCUT2D eigenvalue weighted by atomic mass is 16.3. The first kappa shape index (κ1) is 13.2. The van der Waals surface area contributed by atoms with E-state index in [1.165, 1.54) is 5.56 Å². The zero-order valence-electron chi connectivity index (χ0n) is 11.4. The molecular weight excluding hydrogens is 232 g/mol. The summed E-state index contributed by atoms with van der Waals surface area (Å²) in [7, 11) is 0. The van der Waals surface area contributed by atoms with Crippen molar-refractivity contribution in [2.75, 3.05) is 0 Å². The summed E-state index contributed by atoms with van der Waals surface area (Å²) in [5, 5.41) is 9.51. The lowest BCUT2D eigenvalue weighted by atomic mass is 10.0. The van der Waals surface area contributed by atoms with Crippen molar-refractivity contribution in [3.8, 4) is 5.75 Å². The predicted octanol–water partition coefficient (Wildman–Crippen LogP) is 4.74. The largest absolute Gasteiger partial charge is 0.508 e. The Labute approximate surface area is 114 Å². The van der Waals surface area contributed by atoms with Gasteiger partial charge in [-0.25, -0.2) is 0 Å². The van der Waals surface area contributed by atoms with Crippen LogP contribution in [0.4, 0.5) is 0 Å². The second kappa shape index (κ2) is 5.57. The molecule has 0 fully saturated rings. The Morgan fingerprint density at radius 3 is 2.37 bits per heavy atom. The lowest BCUT2D eigenvalue weighted by molar-refractivity contribution is 0.471. The van der Waals surface area contributed by atoms with E-state index in [4.69, 9.17) is 0 Å². The number of hydrogen-bond acceptors (Lipinski definition) is 1. The van der Waals surface area contributed by atoms with Crippen LogP contribution in [0.25, 0.3) is 11.6 Å². The van der Waals surface area contributed by atoms with E-state index >= 15 is 0 Å². The summed E-state index contributed by atoms with van der Waals surface area (Å²) in [6, 6.07) is 13.9. The summed E-state index contributed by atoms with van der Waals surface area (Å²) in [6.45, 7) is 8.02. The number of aryl methyl sites for hydroxylation is 2. The number of phenols is 1. The molecule has 0 atom stereocenters. The highest BCUT2D eigenvalue weighted by Crippen LogP contribution is 2.22. The van der Waals surface area contributed by atoms with Gasteiger partial charge in [-0.15, -0.1) is 0 Å². The Morgan fingerprint density at radius 1 is 1.05 bits per heavy atom. The number of hydrogen-bond donors (Lipinski definition) is 1. The minimum Gasteiger partial charge on any atom is -0.508 e. The first-order chi connectivity index (χ1) is 9.06. The minimum absolute atomic E-state index is 0.319. The van der Waals surface area contributed by atoms with Crippen LogP contribution in [0, 0.1) is 13.8 Å². The van der Waals surface area contributed by atoms with Gasteiger partial charge in [-0.05, 0) is 48.2 Å². The minimum atomic E-state index is 0.319. The molecule has 0 bridgehead atoms. The molecule has 2 aromatic carbocycles. The van der Waals surface area contributed by atoms with E-state index in [1.807, 2.05) is 31.2 Å². The van der Waals surface area contributed by atoms with E-state index in [0.717, 1.165) is 22.3 Å². The summed E-state index contributed by atoms with van der Waals surface area (Å²) in [6.07, 6.45) is 4.04. The van der Waals surface area contributed by atoms with Crippen LogP contribution in [-0.4, -0.2) is 5.11 Å². The first-order valence-corrected chi connectivity index (χ1v) is 6.30. The zero-order chi connectivity index (χ0) is 13.8. The summed E-state index contributed by atoms with van der Waals surface area (Å²) in [5.74, 6) is 0.319. The summed E-state index contributed by atoms with van der Waals surface area (Å²) in [4.78, 5) is 0. The van der Waals surface area contributed by atoms with Crippen molar-refractivity contribution in [3.63, 3.8) is 0 Å². The molecule has 96 valence electrons. The molecule has 1 N–H and O–H groups in total. The monoisotopic (exact) mass is 250 g/mol. The Morgan fingerprint density at radius 2 is 1.74 bits per heavy atom. The highest BCUT2D eigenvalue weighted by Gasteiger charge is 1.99. The molecule has 0 aliphatic heterocycles. The molecule has 0 aromatic heterocycles. The number of aromatic hydroxyl groups is 1. The van der Waals surface area contributed by atoms with Gasteiger partial charge in [-0.1, -0.05) is 54.6 Å². The molecule has 0 amide bonds. The predicted molar refractivity (Wildman–Crippen MR) is 82.1 cm³/mol. The normalized spacial score (nSPS) is 10.8. The second-order valence-corrected chi connectivity index (χ2v) is 4.77. The zero-order valence-corrected chi connectivity index (χ0v) is 11.4. The summed E-state index contributed by atoms with van der Waals surface area (Å²) < 4.78 is 0. The van der Waals surface area contributed by atoms with Gasteiger partial charge in [-0.3, -0.25) is 0 Å². The second-order valence-electron chi connectivity index (χ2n) is 4.77. The van der Waals surface area contributed by atoms with Crippen LogP contribution in [0.1, 0.15) is 22.3 Å². The molecule has 1 nitrogen and oxygen atoms in total. The molecule has 0 heterocycles. The van der Waals surface area contributed by atoms with E-state index in [1.54, 1.807) is 6.07 Å². The Hall–Kier alpha value is -2.28. The molecule has 0 aliphatic carbocycles. The van der Waals surface area contributed by atoms with Gasteiger partial charge in [0.15, 0.2) is 0 Å². The molecule has 0 radical (unpaired) electrons. The van der Waals surface area contributed by atoms with Gasteiger partial charge in [0.1, 0.15) is 5.75 Å². The molecule has 0 saturated carbocycles. The van der Waals surface area contributed by atoms with Gasteiger partial charge in [-0.2, -0.15) is 0 Å². The van der Waals surface area contributed by atoms with Crippen molar-refractivity contribution in [2.24, 2.45) is 0 Å². The van der Waals surface area contributed by atoms with Crippen molar-refractivity contribution in [3.05, 3.63) is 77.4 Å². The van der Waals surface area contributed by atoms with Crippen molar-refractivity contribution >= 4 is 11.6 Å². The fourth-order valence-electron chi connectivity index (χ4n) is 1.83. The molecule has 0 spiro atoms. The Balaban J connectivity index is 2.16. The summed E-state index contributed by atoms with van der Waals surface area (Å²) >= 11 is 0. The van der Waals surface area contributed by atoms with Crippen LogP contribution in [-0.2, 0) is 0 Å². The first-order valence-electron chi connectivity index (χ1n) is 6.30. The van der Waals surface area contributed by atoms with E-state index in [0.29, 0.717) is 5.75 Å². The average Bonchev–Trinajstić information content (AvgIpc) is 2.41. The third-order valence-electron chi connectivity index (χ3n) is 3.12. The smallest absolute Gasteiger partial charge is 0.118 e. The maximum Gasteiger partial charge on any atom is 0.118 e.